The van der Waals surface area contributed by atoms with Crippen LogP contribution in [0.3, 0.4) is 0 Å². The van der Waals surface area contributed by atoms with E-state index in [0.29, 0.717) is 0 Å². The highest BCUT2D eigenvalue weighted by Gasteiger charge is 2.31. The Bertz CT molecular complexity index is 593. The minimum atomic E-state index is -1.82. The lowest BCUT2D eigenvalue weighted by molar-refractivity contribution is -0.159. The molecule has 0 aliphatic carbocycles. The lowest BCUT2D eigenvalue weighted by Crippen LogP contribution is -2.55. The number of nitrogens with zero attached hydrogens (tertiary/aromatic N) is 2. The van der Waals surface area contributed by atoms with E-state index in [1.807, 2.05) is 0 Å². The van der Waals surface area contributed by atoms with Crippen molar-refractivity contribution in [3.63, 3.8) is 0 Å². The van der Waals surface area contributed by atoms with E-state index >= 15 is 0 Å². The molecule has 6 N–H and O–H groups in total. The Morgan fingerprint density at radius 1 is 0.588 bits per heavy atom. The predicted octanol–water partition coefficient (Wildman–Crippen LogP) is -0.0236. The van der Waals surface area contributed by atoms with Crippen LogP contribution in [0.25, 0.3) is 0 Å². The first-order chi connectivity index (χ1) is 16.0. The van der Waals surface area contributed by atoms with Crippen molar-refractivity contribution in [2.75, 3.05) is 40.3 Å². The number of carboxylic acids is 4. The van der Waals surface area contributed by atoms with Gasteiger partial charge in [0.05, 0.1) is 0 Å². The molecule has 0 bridgehead atoms. The standard InChI is InChI=1S/2C9H18N2.2C2H2O4/c2*1-11-7-3-4-8-9(11)5-2-6-10-8;2*3-1(4)2(5)6/h2*8-10H,2-7H2,1H3;2*(H,3,4)(H,5,6)/t2*8-,9-;;/m10../s1. The Kier molecular flexibility index (Phi) is 13.6. The lowest BCUT2D eigenvalue weighted by Gasteiger charge is -2.42. The van der Waals surface area contributed by atoms with Crippen LogP contribution < -0.4 is 10.6 Å². The van der Waals surface area contributed by atoms with Crippen molar-refractivity contribution in [1.29, 1.82) is 0 Å². The molecule has 0 aromatic rings. The summed E-state index contributed by atoms with van der Waals surface area (Å²) < 4.78 is 0. The van der Waals surface area contributed by atoms with Crippen LogP contribution >= 0.6 is 0 Å². The minimum Gasteiger partial charge on any atom is -0.473 e. The average Bonchev–Trinajstić information content (AvgIpc) is 2.81. The number of hydrogen-bond acceptors (Lipinski definition) is 8. The summed E-state index contributed by atoms with van der Waals surface area (Å²) >= 11 is 0. The molecule has 4 heterocycles. The van der Waals surface area contributed by atoms with Crippen molar-refractivity contribution in [2.45, 2.75) is 75.5 Å². The molecule has 0 radical (unpaired) electrons. The predicted molar refractivity (Wildman–Crippen MR) is 124 cm³/mol. The fourth-order valence-corrected chi connectivity index (χ4v) is 4.97. The second-order valence-electron chi connectivity index (χ2n) is 9.01. The number of likely N-dealkylation sites (tertiary alicyclic amines) is 2. The first kappa shape index (κ1) is 29.8. The highest BCUT2D eigenvalue weighted by molar-refractivity contribution is 6.27. The maximum Gasteiger partial charge on any atom is 0.414 e. The Morgan fingerprint density at radius 3 is 1.18 bits per heavy atom. The second-order valence-corrected chi connectivity index (χ2v) is 9.01. The summed E-state index contributed by atoms with van der Waals surface area (Å²) in [6.45, 7) is 5.11. The van der Waals surface area contributed by atoms with Crippen molar-refractivity contribution in [3.05, 3.63) is 0 Å². The minimum absolute atomic E-state index is 0.808. The molecule has 34 heavy (non-hydrogen) atoms. The van der Waals surface area contributed by atoms with E-state index in [9.17, 15) is 0 Å². The summed E-state index contributed by atoms with van der Waals surface area (Å²) in [5, 5.41) is 36.8. The van der Waals surface area contributed by atoms with Gasteiger partial charge >= 0.3 is 23.9 Å². The van der Waals surface area contributed by atoms with Crippen LogP contribution in [-0.2, 0) is 19.2 Å². The van der Waals surface area contributed by atoms with Crippen molar-refractivity contribution in [1.82, 2.24) is 20.4 Å². The zero-order chi connectivity index (χ0) is 25.7. The molecule has 4 atom stereocenters. The van der Waals surface area contributed by atoms with Gasteiger partial charge in [-0.2, -0.15) is 0 Å². The molecule has 4 saturated heterocycles. The molecule has 0 aromatic heterocycles. The van der Waals surface area contributed by atoms with E-state index in [-0.39, 0.29) is 0 Å². The van der Waals surface area contributed by atoms with E-state index in [1.54, 1.807) is 0 Å². The van der Waals surface area contributed by atoms with E-state index in [2.05, 4.69) is 34.5 Å². The van der Waals surface area contributed by atoms with Gasteiger partial charge in [-0.15, -0.1) is 0 Å². The van der Waals surface area contributed by atoms with Crippen molar-refractivity contribution in [2.24, 2.45) is 0 Å². The van der Waals surface area contributed by atoms with Gasteiger partial charge in [-0.3, -0.25) is 0 Å². The maximum atomic E-state index is 9.10. The maximum absolute atomic E-state index is 9.10. The quantitative estimate of drug-likeness (QED) is 0.251. The third-order valence-corrected chi connectivity index (χ3v) is 6.65. The first-order valence-corrected chi connectivity index (χ1v) is 11.8. The van der Waals surface area contributed by atoms with E-state index in [0.717, 1.165) is 24.2 Å². The molecule has 0 unspecified atom stereocenters. The molecular formula is C22H40N4O8. The van der Waals surface area contributed by atoms with Gasteiger partial charge in [-0.05, 0) is 91.6 Å². The number of aliphatic carboxylic acids is 4. The van der Waals surface area contributed by atoms with Crippen LogP contribution in [0.1, 0.15) is 51.4 Å². The number of rotatable bonds is 0. The summed E-state index contributed by atoms with van der Waals surface area (Å²) in [4.78, 5) is 41.5. The Balaban J connectivity index is 0.000000238. The van der Waals surface area contributed by atoms with Gasteiger partial charge in [0.15, 0.2) is 0 Å². The number of likely N-dealkylation sites (N-methyl/N-ethyl adjacent to an activating group) is 2. The number of carboxylic acid groups (broad SMARTS) is 4. The Labute approximate surface area is 200 Å². The summed E-state index contributed by atoms with van der Waals surface area (Å²) in [6, 6.07) is 3.31. The van der Waals surface area contributed by atoms with Crippen molar-refractivity contribution >= 4 is 23.9 Å². The summed E-state index contributed by atoms with van der Waals surface area (Å²) in [7, 11) is 4.54. The lowest BCUT2D eigenvalue weighted by atomic mass is 9.90. The summed E-state index contributed by atoms with van der Waals surface area (Å²) in [6.07, 6.45) is 11.1. The van der Waals surface area contributed by atoms with Gasteiger partial charge in [0.1, 0.15) is 0 Å². The second kappa shape index (κ2) is 15.6. The third-order valence-electron chi connectivity index (χ3n) is 6.65. The molecule has 12 heteroatoms. The Hall–Kier alpha value is -2.28. The SMILES string of the molecule is CN1CCC[C@@H]2NCCC[C@@H]21.CN1CCC[C@H]2NCCC[C@H]21.O=C(O)C(=O)O.O=C(O)C(=O)O. The van der Waals surface area contributed by atoms with E-state index < -0.39 is 23.9 Å². The molecule has 196 valence electrons. The van der Waals surface area contributed by atoms with Crippen LogP contribution in [0.5, 0.6) is 0 Å². The fourth-order valence-electron chi connectivity index (χ4n) is 4.97. The molecule has 0 amide bonds. The van der Waals surface area contributed by atoms with Crippen molar-refractivity contribution < 1.29 is 39.6 Å². The number of fused-ring (bicyclic) bond motifs is 2. The van der Waals surface area contributed by atoms with Crippen LogP contribution in [0.15, 0.2) is 0 Å². The first-order valence-electron chi connectivity index (χ1n) is 11.8. The molecule has 4 aliphatic rings. The molecule has 0 spiro atoms. The van der Waals surface area contributed by atoms with Crippen LogP contribution in [0, 0.1) is 0 Å². The van der Waals surface area contributed by atoms with Gasteiger partial charge in [0.2, 0.25) is 0 Å². The number of piperidine rings is 4. The fraction of sp³-hybridized carbons (Fsp3) is 0.818. The normalized spacial score (nSPS) is 28.5. The van der Waals surface area contributed by atoms with Crippen LogP contribution in [0.4, 0.5) is 0 Å². The van der Waals surface area contributed by atoms with E-state index in [1.165, 1.54) is 77.5 Å². The van der Waals surface area contributed by atoms with E-state index in [4.69, 9.17) is 39.6 Å². The van der Waals surface area contributed by atoms with Gasteiger partial charge < -0.3 is 40.9 Å². The molecular weight excluding hydrogens is 448 g/mol. The zero-order valence-corrected chi connectivity index (χ0v) is 20.1. The topological polar surface area (TPSA) is 180 Å². The van der Waals surface area contributed by atoms with Crippen molar-refractivity contribution in [3.8, 4) is 0 Å². The zero-order valence-electron chi connectivity index (χ0n) is 20.1. The van der Waals surface area contributed by atoms with Crippen LogP contribution in [0.2, 0.25) is 0 Å². The van der Waals surface area contributed by atoms with Gasteiger partial charge in [-0.1, -0.05) is 0 Å². The summed E-state index contributed by atoms with van der Waals surface area (Å²) in [5.74, 6) is -7.30. The van der Waals surface area contributed by atoms with Gasteiger partial charge in [-0.25, -0.2) is 19.2 Å². The third kappa shape index (κ3) is 10.8. The van der Waals surface area contributed by atoms with Crippen LogP contribution in [-0.4, -0.2) is 119 Å². The average molecular weight is 489 g/mol. The molecule has 4 rings (SSSR count). The monoisotopic (exact) mass is 488 g/mol. The number of nitrogens with one attached hydrogen (secondary N) is 2. The summed E-state index contributed by atoms with van der Waals surface area (Å²) in [5.41, 5.74) is 0. The molecule has 0 saturated carbocycles. The number of hydrogen-bond donors (Lipinski definition) is 6. The van der Waals surface area contributed by atoms with Gasteiger partial charge in [0.25, 0.3) is 0 Å². The molecule has 4 aliphatic heterocycles. The Morgan fingerprint density at radius 2 is 0.912 bits per heavy atom. The highest BCUT2D eigenvalue weighted by Crippen LogP contribution is 2.23. The smallest absolute Gasteiger partial charge is 0.414 e. The highest BCUT2D eigenvalue weighted by atomic mass is 16.4. The molecule has 0 aromatic carbocycles. The van der Waals surface area contributed by atoms with Gasteiger partial charge in [0, 0.05) is 24.2 Å². The largest absolute Gasteiger partial charge is 0.473 e. The molecule has 4 fully saturated rings. The molecule has 12 nitrogen and oxygen atoms in total. The number of carbonyl (C=O) groups is 4.